The first kappa shape index (κ1) is 15.1. The quantitative estimate of drug-likeness (QED) is 0.362. The minimum absolute atomic E-state index is 0.0250. The smallest absolute Gasteiger partial charge is 0.309 e. The number of carbonyl (C=O) groups excluding carboxylic acids is 1. The summed E-state index contributed by atoms with van der Waals surface area (Å²) in [5.41, 5.74) is 8.56. The number of ether oxygens (including phenoxy) is 2. The Kier molecular flexibility index (Phi) is 4.59. The van der Waals surface area contributed by atoms with Gasteiger partial charge in [-0.3, -0.25) is 4.79 Å². The lowest BCUT2D eigenvalue weighted by Crippen LogP contribution is -2.30. The van der Waals surface area contributed by atoms with Crippen LogP contribution in [0.1, 0.15) is 13.3 Å². The molecule has 21 heavy (non-hydrogen) atoms. The normalized spacial score (nSPS) is 22.3. The van der Waals surface area contributed by atoms with Crippen molar-refractivity contribution in [3.05, 3.63) is 40.3 Å². The summed E-state index contributed by atoms with van der Waals surface area (Å²) in [6, 6.07) is 1.99. The van der Waals surface area contributed by atoms with Crippen molar-refractivity contribution in [1.29, 1.82) is 0 Å². The van der Waals surface area contributed by atoms with Crippen LogP contribution < -0.4 is 4.74 Å². The van der Waals surface area contributed by atoms with Gasteiger partial charge in [0.2, 0.25) is 0 Å². The average Bonchev–Trinajstić information content (AvgIpc) is 2.73. The zero-order chi connectivity index (χ0) is 15.4. The maximum absolute atomic E-state index is 13.0. The van der Waals surface area contributed by atoms with E-state index in [0.717, 1.165) is 18.2 Å². The lowest BCUT2D eigenvalue weighted by Gasteiger charge is -2.18. The van der Waals surface area contributed by atoms with Crippen LogP contribution in [0, 0.1) is 17.6 Å². The van der Waals surface area contributed by atoms with E-state index in [0.29, 0.717) is 6.42 Å². The van der Waals surface area contributed by atoms with E-state index in [-0.39, 0.29) is 24.2 Å². The molecule has 0 aliphatic carbocycles. The largest absolute Gasteiger partial charge is 0.493 e. The van der Waals surface area contributed by atoms with Crippen LogP contribution in [-0.2, 0) is 9.53 Å². The number of cyclic esters (lactones) is 1. The van der Waals surface area contributed by atoms with E-state index in [1.807, 2.05) is 0 Å². The van der Waals surface area contributed by atoms with Crippen LogP contribution in [0.3, 0.4) is 0 Å². The molecule has 112 valence electrons. The van der Waals surface area contributed by atoms with Crippen LogP contribution in [0.5, 0.6) is 5.75 Å². The van der Waals surface area contributed by atoms with Crippen molar-refractivity contribution >= 4 is 5.97 Å². The second-order valence-corrected chi connectivity index (χ2v) is 4.80. The molecule has 6 nitrogen and oxygen atoms in total. The van der Waals surface area contributed by atoms with Gasteiger partial charge in [0.05, 0.1) is 5.92 Å². The minimum Gasteiger partial charge on any atom is -0.493 e. The van der Waals surface area contributed by atoms with Crippen molar-refractivity contribution in [2.24, 2.45) is 11.0 Å². The van der Waals surface area contributed by atoms with E-state index in [1.54, 1.807) is 6.92 Å². The van der Waals surface area contributed by atoms with Gasteiger partial charge in [-0.25, -0.2) is 8.78 Å². The van der Waals surface area contributed by atoms with E-state index < -0.39 is 23.8 Å². The van der Waals surface area contributed by atoms with Gasteiger partial charge in [-0.05, 0) is 12.0 Å². The van der Waals surface area contributed by atoms with Crippen molar-refractivity contribution in [2.45, 2.75) is 25.5 Å². The fourth-order valence-corrected chi connectivity index (χ4v) is 2.07. The summed E-state index contributed by atoms with van der Waals surface area (Å²) in [5, 5.41) is 3.53. The molecule has 0 unspecified atom stereocenters. The number of azide groups is 1. The molecule has 1 aromatic rings. The molecule has 8 heteroatoms. The van der Waals surface area contributed by atoms with Gasteiger partial charge >= 0.3 is 5.97 Å². The van der Waals surface area contributed by atoms with Crippen molar-refractivity contribution in [1.82, 2.24) is 0 Å². The molecule has 0 radical (unpaired) electrons. The number of nitrogens with zero attached hydrogens (tertiary/aromatic N) is 3. The van der Waals surface area contributed by atoms with Crippen LogP contribution in [0.4, 0.5) is 8.78 Å². The maximum Gasteiger partial charge on any atom is 0.309 e. The maximum atomic E-state index is 13.0. The summed E-state index contributed by atoms with van der Waals surface area (Å²) in [6.07, 6.45) is -0.189. The molecule has 3 atom stereocenters. The second-order valence-electron chi connectivity index (χ2n) is 4.80. The van der Waals surface area contributed by atoms with Crippen LogP contribution in [0.25, 0.3) is 10.4 Å². The van der Waals surface area contributed by atoms with E-state index in [4.69, 9.17) is 15.0 Å². The Morgan fingerprint density at radius 3 is 2.67 bits per heavy atom. The highest BCUT2D eigenvalue weighted by Gasteiger charge is 2.36. The SMILES string of the molecule is C[C@@H]1C[C@@H]([C@H](COc2cc(F)cc(F)c2)N=[N+]=[N-])OC1=O. The number of rotatable bonds is 5. The summed E-state index contributed by atoms with van der Waals surface area (Å²) in [4.78, 5) is 14.0. The molecule has 0 amide bonds. The number of carbonyl (C=O) groups is 1. The fourth-order valence-electron chi connectivity index (χ4n) is 2.07. The third kappa shape index (κ3) is 3.82. The first-order chi connectivity index (χ1) is 9.99. The lowest BCUT2D eigenvalue weighted by atomic mass is 10.0. The van der Waals surface area contributed by atoms with E-state index in [2.05, 4.69) is 10.0 Å². The number of halogens is 2. The highest BCUT2D eigenvalue weighted by Crippen LogP contribution is 2.25. The number of hydrogen-bond acceptors (Lipinski definition) is 4. The van der Waals surface area contributed by atoms with Gasteiger partial charge < -0.3 is 9.47 Å². The Balaban J connectivity index is 2.03. The topological polar surface area (TPSA) is 84.3 Å². The predicted molar refractivity (Wildman–Crippen MR) is 68.4 cm³/mol. The standard InChI is InChI=1S/C13H13F2N3O3/c1-7-2-12(21-13(7)19)11(17-18-16)6-20-10-4-8(14)3-9(15)5-10/h3-5,7,11-12H,2,6H2,1H3/t7-,11+,12+/m1/s1. The summed E-state index contributed by atoms with van der Waals surface area (Å²) in [5.74, 6) is -2.21. The van der Waals surface area contributed by atoms with Crippen molar-refractivity contribution in [3.63, 3.8) is 0 Å². The number of hydrogen-bond donors (Lipinski definition) is 0. The average molecular weight is 297 g/mol. The lowest BCUT2D eigenvalue weighted by molar-refractivity contribution is -0.144. The van der Waals surface area contributed by atoms with Crippen LogP contribution in [0.2, 0.25) is 0 Å². The summed E-state index contributed by atoms with van der Waals surface area (Å²) >= 11 is 0. The molecule has 1 aliphatic rings. The van der Waals surface area contributed by atoms with Gasteiger partial charge in [-0.2, -0.15) is 0 Å². The molecule has 1 fully saturated rings. The predicted octanol–water partition coefficient (Wildman–Crippen LogP) is 2.97. The highest BCUT2D eigenvalue weighted by atomic mass is 19.1. The van der Waals surface area contributed by atoms with Gasteiger partial charge in [-0.1, -0.05) is 12.0 Å². The van der Waals surface area contributed by atoms with E-state index in [1.165, 1.54) is 0 Å². The summed E-state index contributed by atoms with van der Waals surface area (Å²) in [7, 11) is 0. The van der Waals surface area contributed by atoms with E-state index >= 15 is 0 Å². The zero-order valence-electron chi connectivity index (χ0n) is 11.2. The van der Waals surface area contributed by atoms with Gasteiger partial charge in [0.25, 0.3) is 0 Å². The highest BCUT2D eigenvalue weighted by molar-refractivity contribution is 5.74. The molecule has 0 aromatic heterocycles. The Morgan fingerprint density at radius 1 is 1.48 bits per heavy atom. The molecule has 1 aliphatic heterocycles. The summed E-state index contributed by atoms with van der Waals surface area (Å²) < 4.78 is 36.4. The molecule has 1 heterocycles. The molecule has 1 saturated heterocycles. The molecular formula is C13H13F2N3O3. The van der Waals surface area contributed by atoms with Crippen molar-refractivity contribution in [3.8, 4) is 5.75 Å². The Labute approximate surface area is 119 Å². The minimum atomic E-state index is -0.772. The molecule has 2 rings (SSSR count). The summed E-state index contributed by atoms with van der Waals surface area (Å²) in [6.45, 7) is 1.57. The second kappa shape index (κ2) is 6.41. The molecule has 0 saturated carbocycles. The van der Waals surface area contributed by atoms with Gasteiger partial charge in [-0.15, -0.1) is 0 Å². The van der Waals surface area contributed by atoms with E-state index in [9.17, 15) is 13.6 Å². The number of benzene rings is 1. The molecule has 0 spiro atoms. The van der Waals surface area contributed by atoms with Crippen molar-refractivity contribution in [2.75, 3.05) is 6.61 Å². The van der Waals surface area contributed by atoms with Gasteiger partial charge in [0, 0.05) is 23.1 Å². The van der Waals surface area contributed by atoms with Gasteiger partial charge in [0.15, 0.2) is 0 Å². The molecule has 0 N–H and O–H groups in total. The molecule has 0 bridgehead atoms. The fraction of sp³-hybridized carbons (Fsp3) is 0.462. The Morgan fingerprint density at radius 2 is 2.14 bits per heavy atom. The van der Waals surface area contributed by atoms with Gasteiger partial charge in [0.1, 0.15) is 36.1 Å². The van der Waals surface area contributed by atoms with Crippen LogP contribution in [0.15, 0.2) is 23.3 Å². The monoisotopic (exact) mass is 297 g/mol. The third-order valence-electron chi connectivity index (χ3n) is 3.14. The third-order valence-corrected chi connectivity index (χ3v) is 3.14. The Hall–Kier alpha value is -2.34. The van der Waals surface area contributed by atoms with Crippen LogP contribution >= 0.6 is 0 Å². The first-order valence-electron chi connectivity index (χ1n) is 6.33. The first-order valence-corrected chi connectivity index (χ1v) is 6.33. The molecular weight excluding hydrogens is 284 g/mol. The molecule has 1 aromatic carbocycles. The Bertz CT molecular complexity index is 570. The zero-order valence-corrected chi connectivity index (χ0v) is 11.2. The number of esters is 1. The van der Waals surface area contributed by atoms with Crippen LogP contribution in [-0.4, -0.2) is 24.7 Å². The van der Waals surface area contributed by atoms with Crippen molar-refractivity contribution < 1.29 is 23.0 Å².